The van der Waals surface area contributed by atoms with Crippen LogP contribution in [0.2, 0.25) is 0 Å². The molecule has 0 aromatic heterocycles. The van der Waals surface area contributed by atoms with Crippen LogP contribution in [0, 0.1) is 5.92 Å². The molecule has 2 atom stereocenters. The minimum atomic E-state index is 0.0465. The molecule has 1 aliphatic rings. The molecule has 2 unspecified atom stereocenters. The van der Waals surface area contributed by atoms with Gasteiger partial charge in [0.25, 0.3) is 0 Å². The summed E-state index contributed by atoms with van der Waals surface area (Å²) in [5, 5.41) is 2.85. The predicted molar refractivity (Wildman–Crippen MR) is 53.1 cm³/mol. The number of carbonyl (C=O) groups is 1. The van der Waals surface area contributed by atoms with E-state index >= 15 is 0 Å². The van der Waals surface area contributed by atoms with Crippen molar-refractivity contribution >= 4 is 5.91 Å². The number of hydrogen-bond acceptors (Lipinski definition) is 2. The molecule has 0 aromatic carbocycles. The first-order valence-corrected chi connectivity index (χ1v) is 4.90. The van der Waals surface area contributed by atoms with Gasteiger partial charge in [0.2, 0.25) is 5.91 Å². The number of rotatable bonds is 3. The molecule has 1 rings (SSSR count). The number of nitrogens with two attached hydrogens (primary N) is 1. The predicted octanol–water partition coefficient (Wildman–Crippen LogP) is 0.806. The van der Waals surface area contributed by atoms with Gasteiger partial charge in [-0.3, -0.25) is 4.79 Å². The topological polar surface area (TPSA) is 55.1 Å². The van der Waals surface area contributed by atoms with Crippen LogP contribution in [0.5, 0.6) is 0 Å². The molecule has 1 fully saturated rings. The first-order chi connectivity index (χ1) is 6.25. The van der Waals surface area contributed by atoms with Crippen molar-refractivity contribution in [1.29, 1.82) is 0 Å². The van der Waals surface area contributed by atoms with Crippen molar-refractivity contribution in [3.05, 3.63) is 12.2 Å². The maximum absolute atomic E-state index is 11.5. The van der Waals surface area contributed by atoms with Crippen molar-refractivity contribution < 1.29 is 4.79 Å². The van der Waals surface area contributed by atoms with Crippen LogP contribution in [0.4, 0.5) is 0 Å². The normalized spacial score (nSPS) is 28.2. The summed E-state index contributed by atoms with van der Waals surface area (Å²) in [6, 6.07) is 0.0746. The third-order valence-electron chi connectivity index (χ3n) is 2.54. The summed E-state index contributed by atoms with van der Waals surface area (Å²) in [6.07, 6.45) is 6.88. The molecule has 1 saturated carbocycles. The summed E-state index contributed by atoms with van der Waals surface area (Å²) >= 11 is 0. The van der Waals surface area contributed by atoms with Crippen LogP contribution in [-0.2, 0) is 4.79 Å². The molecule has 0 radical (unpaired) electrons. The Morgan fingerprint density at radius 1 is 1.62 bits per heavy atom. The van der Waals surface area contributed by atoms with Gasteiger partial charge in [-0.05, 0) is 19.8 Å². The fourth-order valence-corrected chi connectivity index (χ4v) is 1.72. The van der Waals surface area contributed by atoms with Crippen molar-refractivity contribution in [3.63, 3.8) is 0 Å². The molecule has 3 nitrogen and oxygen atoms in total. The van der Waals surface area contributed by atoms with Crippen molar-refractivity contribution in [3.8, 4) is 0 Å². The summed E-state index contributed by atoms with van der Waals surface area (Å²) in [5.74, 6) is 0.161. The SMILES string of the molecule is C/C=C/CNC(=O)C1CCCC1N. The van der Waals surface area contributed by atoms with E-state index < -0.39 is 0 Å². The van der Waals surface area contributed by atoms with E-state index in [-0.39, 0.29) is 17.9 Å². The van der Waals surface area contributed by atoms with Gasteiger partial charge in [-0.1, -0.05) is 18.6 Å². The van der Waals surface area contributed by atoms with E-state index in [1.54, 1.807) is 0 Å². The molecule has 1 amide bonds. The maximum Gasteiger partial charge on any atom is 0.224 e. The maximum atomic E-state index is 11.5. The van der Waals surface area contributed by atoms with E-state index in [0.717, 1.165) is 19.3 Å². The van der Waals surface area contributed by atoms with Crippen LogP contribution >= 0.6 is 0 Å². The van der Waals surface area contributed by atoms with E-state index in [1.807, 2.05) is 19.1 Å². The number of hydrogen-bond donors (Lipinski definition) is 2. The van der Waals surface area contributed by atoms with E-state index in [0.29, 0.717) is 6.54 Å². The van der Waals surface area contributed by atoms with E-state index in [9.17, 15) is 4.79 Å². The Hall–Kier alpha value is -0.830. The summed E-state index contributed by atoms with van der Waals surface area (Å²) in [5.41, 5.74) is 5.81. The molecule has 3 N–H and O–H groups in total. The third kappa shape index (κ3) is 2.84. The largest absolute Gasteiger partial charge is 0.352 e. The van der Waals surface area contributed by atoms with Gasteiger partial charge in [0.05, 0.1) is 5.92 Å². The molecule has 3 heteroatoms. The zero-order valence-electron chi connectivity index (χ0n) is 8.12. The fourth-order valence-electron chi connectivity index (χ4n) is 1.72. The Kier molecular flexibility index (Phi) is 3.96. The molecule has 0 heterocycles. The Morgan fingerprint density at radius 3 is 2.92 bits per heavy atom. The van der Waals surface area contributed by atoms with Gasteiger partial charge in [-0.2, -0.15) is 0 Å². The van der Waals surface area contributed by atoms with Gasteiger partial charge in [0, 0.05) is 12.6 Å². The highest BCUT2D eigenvalue weighted by Crippen LogP contribution is 2.23. The van der Waals surface area contributed by atoms with Crippen LogP contribution in [0.3, 0.4) is 0 Å². The molecule has 0 bridgehead atoms. The lowest BCUT2D eigenvalue weighted by molar-refractivity contribution is -0.124. The average Bonchev–Trinajstić information content (AvgIpc) is 2.52. The van der Waals surface area contributed by atoms with Gasteiger partial charge in [-0.15, -0.1) is 0 Å². The van der Waals surface area contributed by atoms with Crippen molar-refractivity contribution in [2.24, 2.45) is 11.7 Å². The lowest BCUT2D eigenvalue weighted by atomic mass is 10.0. The molecule has 0 aliphatic heterocycles. The second kappa shape index (κ2) is 5.02. The highest BCUT2D eigenvalue weighted by atomic mass is 16.1. The van der Waals surface area contributed by atoms with Gasteiger partial charge in [-0.25, -0.2) is 0 Å². The molecule has 13 heavy (non-hydrogen) atoms. The standard InChI is InChI=1S/C10H18N2O/c1-2-3-7-12-10(13)8-5-4-6-9(8)11/h2-3,8-9H,4-7,11H2,1H3,(H,12,13)/b3-2+. The van der Waals surface area contributed by atoms with Crippen LogP contribution < -0.4 is 11.1 Å². The monoisotopic (exact) mass is 182 g/mol. The number of amides is 1. The van der Waals surface area contributed by atoms with Gasteiger partial charge in [0.1, 0.15) is 0 Å². The van der Waals surface area contributed by atoms with E-state index in [2.05, 4.69) is 5.32 Å². The molecule has 0 aromatic rings. The van der Waals surface area contributed by atoms with Crippen LogP contribution in [0.15, 0.2) is 12.2 Å². The highest BCUT2D eigenvalue weighted by Gasteiger charge is 2.29. The number of allylic oxidation sites excluding steroid dienone is 1. The Labute approximate surface area is 79.4 Å². The first kappa shape index (κ1) is 10.3. The Bertz CT molecular complexity index is 201. The Morgan fingerprint density at radius 2 is 2.38 bits per heavy atom. The number of nitrogens with one attached hydrogen (secondary N) is 1. The van der Waals surface area contributed by atoms with Crippen molar-refractivity contribution in [2.75, 3.05) is 6.54 Å². The smallest absolute Gasteiger partial charge is 0.224 e. The zero-order valence-corrected chi connectivity index (χ0v) is 8.12. The fraction of sp³-hybridized carbons (Fsp3) is 0.700. The second-order valence-corrected chi connectivity index (χ2v) is 3.52. The third-order valence-corrected chi connectivity index (χ3v) is 2.54. The van der Waals surface area contributed by atoms with Crippen molar-refractivity contribution in [1.82, 2.24) is 5.32 Å². The van der Waals surface area contributed by atoms with Gasteiger partial charge in [0.15, 0.2) is 0 Å². The van der Waals surface area contributed by atoms with Crippen LogP contribution in [0.25, 0.3) is 0 Å². The minimum Gasteiger partial charge on any atom is -0.352 e. The van der Waals surface area contributed by atoms with Crippen LogP contribution in [0.1, 0.15) is 26.2 Å². The molecular weight excluding hydrogens is 164 g/mol. The van der Waals surface area contributed by atoms with Gasteiger partial charge < -0.3 is 11.1 Å². The highest BCUT2D eigenvalue weighted by molar-refractivity contribution is 5.79. The Balaban J connectivity index is 2.30. The molecule has 0 saturated heterocycles. The average molecular weight is 182 g/mol. The lowest BCUT2D eigenvalue weighted by Crippen LogP contribution is -2.38. The molecular formula is C10H18N2O. The molecule has 74 valence electrons. The minimum absolute atomic E-state index is 0.0465. The summed E-state index contributed by atoms with van der Waals surface area (Å²) in [7, 11) is 0. The molecule has 1 aliphatic carbocycles. The van der Waals surface area contributed by atoms with E-state index in [4.69, 9.17) is 5.73 Å². The van der Waals surface area contributed by atoms with E-state index in [1.165, 1.54) is 0 Å². The second-order valence-electron chi connectivity index (χ2n) is 3.52. The lowest BCUT2D eigenvalue weighted by Gasteiger charge is -2.13. The molecule has 0 spiro atoms. The summed E-state index contributed by atoms with van der Waals surface area (Å²) in [6.45, 7) is 2.56. The summed E-state index contributed by atoms with van der Waals surface area (Å²) in [4.78, 5) is 11.5. The number of carbonyl (C=O) groups excluding carboxylic acids is 1. The first-order valence-electron chi connectivity index (χ1n) is 4.90. The van der Waals surface area contributed by atoms with Crippen molar-refractivity contribution in [2.45, 2.75) is 32.2 Å². The van der Waals surface area contributed by atoms with Gasteiger partial charge >= 0.3 is 0 Å². The quantitative estimate of drug-likeness (QED) is 0.634. The van der Waals surface area contributed by atoms with Crippen LogP contribution in [-0.4, -0.2) is 18.5 Å². The zero-order chi connectivity index (χ0) is 9.68. The summed E-state index contributed by atoms with van der Waals surface area (Å²) < 4.78 is 0.